The maximum absolute atomic E-state index is 14.1. The van der Waals surface area contributed by atoms with E-state index < -0.39 is 18.2 Å². The van der Waals surface area contributed by atoms with Gasteiger partial charge < -0.3 is 24.9 Å². The highest BCUT2D eigenvalue weighted by atomic mass is 32.1. The number of likely N-dealkylation sites (N-methyl/N-ethyl adjacent to an activating group) is 1. The van der Waals surface area contributed by atoms with Crippen LogP contribution in [0.15, 0.2) is 41.9 Å². The lowest BCUT2D eigenvalue weighted by molar-refractivity contribution is -0.145. The molecule has 0 aliphatic heterocycles. The molecule has 1 aromatic heterocycles. The number of hydrogen-bond acceptors (Lipinski definition) is 7. The Morgan fingerprint density at radius 2 is 1.57 bits per heavy atom. The fourth-order valence-electron chi connectivity index (χ4n) is 6.10. The van der Waals surface area contributed by atoms with Gasteiger partial charge in [-0.25, -0.2) is 4.98 Å². The first-order valence-corrected chi connectivity index (χ1v) is 16.9. The van der Waals surface area contributed by atoms with Crippen molar-refractivity contribution in [2.45, 2.75) is 109 Å². The summed E-state index contributed by atoms with van der Waals surface area (Å²) < 4.78 is 0. The van der Waals surface area contributed by atoms with Crippen LogP contribution in [0.2, 0.25) is 0 Å². The number of nitrogens with zero attached hydrogens (tertiary/aromatic N) is 4. The molecule has 10 heteroatoms. The lowest BCUT2D eigenvalue weighted by atomic mass is 9.82. The Kier molecular flexibility index (Phi) is 14.3. The van der Waals surface area contributed by atoms with Crippen molar-refractivity contribution in [1.82, 2.24) is 19.7 Å². The van der Waals surface area contributed by atoms with Gasteiger partial charge in [-0.2, -0.15) is 0 Å². The number of aromatic nitrogens is 1. The van der Waals surface area contributed by atoms with Crippen LogP contribution in [0.3, 0.4) is 0 Å². The molecule has 1 aliphatic rings. The second-order valence-corrected chi connectivity index (χ2v) is 13.8. The lowest BCUT2D eigenvalue weighted by Gasteiger charge is -2.39. The number of benzene rings is 1. The average molecular weight is 629 g/mol. The zero-order valence-electron chi connectivity index (χ0n) is 27.1. The molecule has 2 N–H and O–H groups in total. The molecule has 2 aromatic rings. The van der Waals surface area contributed by atoms with Gasteiger partial charge >= 0.3 is 0 Å². The molecule has 1 aromatic carbocycles. The Hall–Kier alpha value is -2.82. The summed E-state index contributed by atoms with van der Waals surface area (Å²) >= 11 is 1.44. The number of carbonyl (C=O) groups excluding carboxylic acids is 3. The number of rotatable bonds is 16. The maximum Gasteiger partial charge on any atom is 0.241 e. The quantitative estimate of drug-likeness (QED) is 0.269. The van der Waals surface area contributed by atoms with Gasteiger partial charge in [-0.3, -0.25) is 14.4 Å². The highest BCUT2D eigenvalue weighted by Crippen LogP contribution is 2.32. The molecular weight excluding hydrogens is 576 g/mol. The van der Waals surface area contributed by atoms with E-state index in [0.29, 0.717) is 18.8 Å². The summed E-state index contributed by atoms with van der Waals surface area (Å²) in [5.74, 6) is -0.229. The zero-order valence-corrected chi connectivity index (χ0v) is 27.9. The first kappa shape index (κ1) is 35.7. The van der Waals surface area contributed by atoms with Gasteiger partial charge in [-0.15, -0.1) is 11.3 Å². The Morgan fingerprint density at radius 1 is 0.932 bits per heavy atom. The van der Waals surface area contributed by atoms with Crippen molar-refractivity contribution in [2.75, 3.05) is 20.6 Å². The molecule has 0 bridgehead atoms. The fourth-order valence-corrected chi connectivity index (χ4v) is 6.72. The fraction of sp³-hybridized carbons (Fsp3) is 0.647. The monoisotopic (exact) mass is 628 g/mol. The van der Waals surface area contributed by atoms with Gasteiger partial charge in [0.2, 0.25) is 17.7 Å². The van der Waals surface area contributed by atoms with E-state index in [2.05, 4.69) is 4.98 Å². The van der Waals surface area contributed by atoms with E-state index in [-0.39, 0.29) is 55.6 Å². The average Bonchev–Trinajstić information content (AvgIpc) is 3.53. The Bertz CT molecular complexity index is 1150. The van der Waals surface area contributed by atoms with E-state index in [0.717, 1.165) is 36.3 Å². The highest BCUT2D eigenvalue weighted by Gasteiger charge is 2.37. The summed E-state index contributed by atoms with van der Waals surface area (Å²) in [4.78, 5) is 49.5. The molecule has 44 heavy (non-hydrogen) atoms. The van der Waals surface area contributed by atoms with Gasteiger partial charge in [0, 0.05) is 38.5 Å². The van der Waals surface area contributed by atoms with E-state index >= 15 is 0 Å². The molecule has 1 fully saturated rings. The Balaban J connectivity index is 1.85. The summed E-state index contributed by atoms with van der Waals surface area (Å²) in [6, 6.07) is 8.58. The standard InChI is InChI=1S/C34H52N4O5S/c1-24(2)20-29(39)34(43)28(21-26-12-8-6-9-13-26)38(22-30-35-18-19-44-30)32(41)17-16-31(40)37(23-33(42)36(4)5)25(3)27-14-10-7-11-15-27/h7,10-11,14-15,18-19,24-26,28-29,34,39,43H,6,8-9,12-13,16-17,20-23H2,1-5H3/t25-,28-,29-,34+/m0/s1. The molecule has 3 amide bonds. The van der Waals surface area contributed by atoms with Crippen LogP contribution in [0.4, 0.5) is 0 Å². The molecular formula is C34H52N4O5S. The van der Waals surface area contributed by atoms with Crippen LogP contribution in [0.1, 0.15) is 95.2 Å². The summed E-state index contributed by atoms with van der Waals surface area (Å²) in [5.41, 5.74) is 0.902. The van der Waals surface area contributed by atoms with Crippen molar-refractivity contribution in [2.24, 2.45) is 11.8 Å². The van der Waals surface area contributed by atoms with Crippen LogP contribution in [0.25, 0.3) is 0 Å². The van der Waals surface area contributed by atoms with Gasteiger partial charge in [0.15, 0.2) is 0 Å². The van der Waals surface area contributed by atoms with Gasteiger partial charge in [-0.05, 0) is 37.2 Å². The minimum absolute atomic E-state index is 0.0768. The van der Waals surface area contributed by atoms with E-state index in [1.54, 1.807) is 25.2 Å². The van der Waals surface area contributed by atoms with Crippen LogP contribution in [0, 0.1) is 11.8 Å². The van der Waals surface area contributed by atoms with Gasteiger partial charge in [0.05, 0.1) is 24.7 Å². The van der Waals surface area contributed by atoms with E-state index in [9.17, 15) is 24.6 Å². The molecule has 0 unspecified atom stereocenters. The van der Waals surface area contributed by atoms with Crippen LogP contribution < -0.4 is 0 Å². The molecule has 1 heterocycles. The molecule has 4 atom stereocenters. The molecule has 1 saturated carbocycles. The number of amides is 3. The molecule has 0 saturated heterocycles. The van der Waals surface area contributed by atoms with Crippen LogP contribution in [-0.2, 0) is 20.9 Å². The van der Waals surface area contributed by atoms with Gasteiger partial charge in [0.25, 0.3) is 0 Å². The largest absolute Gasteiger partial charge is 0.390 e. The molecule has 0 radical (unpaired) electrons. The zero-order chi connectivity index (χ0) is 32.2. The molecule has 9 nitrogen and oxygen atoms in total. The van der Waals surface area contributed by atoms with Crippen molar-refractivity contribution in [3.63, 3.8) is 0 Å². The third kappa shape index (κ3) is 10.7. The molecule has 0 spiro atoms. The van der Waals surface area contributed by atoms with Gasteiger partial charge in [0.1, 0.15) is 17.7 Å². The maximum atomic E-state index is 14.1. The third-order valence-electron chi connectivity index (χ3n) is 8.74. The second-order valence-electron chi connectivity index (χ2n) is 12.8. The van der Waals surface area contributed by atoms with Crippen molar-refractivity contribution in [1.29, 1.82) is 0 Å². The Morgan fingerprint density at radius 3 is 2.14 bits per heavy atom. The summed E-state index contributed by atoms with van der Waals surface area (Å²) in [5, 5.41) is 25.2. The van der Waals surface area contributed by atoms with Crippen LogP contribution >= 0.6 is 11.3 Å². The second kappa shape index (κ2) is 17.6. The van der Waals surface area contributed by atoms with Gasteiger partial charge in [-0.1, -0.05) is 76.3 Å². The highest BCUT2D eigenvalue weighted by molar-refractivity contribution is 7.09. The van der Waals surface area contributed by atoms with Crippen molar-refractivity contribution < 1.29 is 24.6 Å². The van der Waals surface area contributed by atoms with E-state index in [1.165, 1.54) is 27.6 Å². The van der Waals surface area contributed by atoms with Crippen LogP contribution in [0.5, 0.6) is 0 Å². The summed E-state index contributed by atoms with van der Waals surface area (Å²) in [7, 11) is 3.31. The van der Waals surface area contributed by atoms with Crippen molar-refractivity contribution >= 4 is 29.1 Å². The molecule has 244 valence electrons. The summed E-state index contributed by atoms with van der Waals surface area (Å²) in [6.45, 7) is 6.00. The minimum Gasteiger partial charge on any atom is -0.390 e. The predicted molar refractivity (Wildman–Crippen MR) is 174 cm³/mol. The van der Waals surface area contributed by atoms with Crippen molar-refractivity contribution in [3.05, 3.63) is 52.5 Å². The SMILES string of the molecule is CC(C)C[C@H](O)[C@H](O)[C@H](CC1CCCCC1)N(Cc1nccs1)C(=O)CCC(=O)N(CC(=O)N(C)C)[C@@H](C)c1ccccc1. The smallest absolute Gasteiger partial charge is 0.241 e. The Labute approximate surface area is 267 Å². The van der Waals surface area contributed by atoms with E-state index in [1.807, 2.05) is 56.5 Å². The predicted octanol–water partition coefficient (Wildman–Crippen LogP) is 5.04. The number of thiazole rings is 1. The number of aliphatic hydroxyl groups excluding tert-OH is 2. The van der Waals surface area contributed by atoms with E-state index in [4.69, 9.17) is 0 Å². The first-order chi connectivity index (χ1) is 21.0. The summed E-state index contributed by atoms with van der Waals surface area (Å²) in [6.07, 6.45) is 5.97. The minimum atomic E-state index is -1.12. The molecule has 3 rings (SSSR count). The number of carbonyl (C=O) groups is 3. The topological polar surface area (TPSA) is 114 Å². The normalized spacial score (nSPS) is 16.6. The van der Waals surface area contributed by atoms with Crippen molar-refractivity contribution in [3.8, 4) is 0 Å². The van der Waals surface area contributed by atoms with Crippen LogP contribution in [-0.4, -0.2) is 86.5 Å². The number of hydrogen-bond donors (Lipinski definition) is 2. The number of aliphatic hydroxyl groups is 2. The lowest BCUT2D eigenvalue weighted by Crippen LogP contribution is -2.52. The molecule has 1 aliphatic carbocycles. The third-order valence-corrected chi connectivity index (χ3v) is 9.50. The first-order valence-electron chi connectivity index (χ1n) is 16.1.